The molecule has 0 radical (unpaired) electrons. The van der Waals surface area contributed by atoms with E-state index < -0.39 is 0 Å². The van der Waals surface area contributed by atoms with Crippen molar-refractivity contribution in [3.05, 3.63) is 83.4 Å². The van der Waals surface area contributed by atoms with Crippen molar-refractivity contribution < 1.29 is 43.9 Å². The van der Waals surface area contributed by atoms with Gasteiger partial charge in [0, 0.05) is 5.56 Å². The lowest BCUT2D eigenvalue weighted by Gasteiger charge is -2.03. The quantitative estimate of drug-likeness (QED) is 0.199. The van der Waals surface area contributed by atoms with Gasteiger partial charge in [-0.3, -0.25) is 14.4 Å². The standard InChI is InChI=1S/C21H20O6.C8H8O3/c1-26-20-11-14(5-9-18(20)24)3-7-16(22)13-17(23)8-4-15-6-10-19(25)21(12-15)27-2;1-11-8-3-2-6(5-9)4-7(8)10/h3-12,24-25H,13H2,1-2H3;2-5,10H,1H3/b7-3+,8-4+;. The summed E-state index contributed by atoms with van der Waals surface area (Å²) in [6.07, 6.45) is 6.11. The molecule has 0 saturated heterocycles. The average molecular weight is 521 g/mol. The highest BCUT2D eigenvalue weighted by atomic mass is 16.5. The number of methoxy groups -OCH3 is 3. The first-order chi connectivity index (χ1) is 18.2. The highest BCUT2D eigenvalue weighted by Gasteiger charge is 2.06. The van der Waals surface area contributed by atoms with Gasteiger partial charge in [0.2, 0.25) is 0 Å². The first-order valence-electron chi connectivity index (χ1n) is 11.2. The van der Waals surface area contributed by atoms with Crippen LogP contribution in [-0.4, -0.2) is 54.5 Å². The van der Waals surface area contributed by atoms with E-state index in [0.717, 1.165) is 0 Å². The number of aromatic hydroxyl groups is 3. The Morgan fingerprint density at radius 3 is 1.47 bits per heavy atom. The van der Waals surface area contributed by atoms with E-state index in [-0.39, 0.29) is 35.2 Å². The number of rotatable bonds is 10. The third-order valence-corrected chi connectivity index (χ3v) is 5.02. The van der Waals surface area contributed by atoms with Crippen LogP contribution >= 0.6 is 0 Å². The van der Waals surface area contributed by atoms with E-state index in [1.165, 1.54) is 51.7 Å². The van der Waals surface area contributed by atoms with Crippen molar-refractivity contribution in [2.45, 2.75) is 6.42 Å². The maximum absolute atomic E-state index is 11.9. The van der Waals surface area contributed by atoms with Crippen LogP contribution in [0.1, 0.15) is 27.9 Å². The molecule has 3 aromatic carbocycles. The van der Waals surface area contributed by atoms with Crippen LogP contribution in [0.2, 0.25) is 0 Å². The van der Waals surface area contributed by atoms with Gasteiger partial charge in [0.05, 0.1) is 27.8 Å². The molecule has 3 aromatic rings. The molecule has 0 aromatic heterocycles. The fourth-order valence-corrected chi connectivity index (χ4v) is 3.04. The van der Waals surface area contributed by atoms with Gasteiger partial charge in [0.15, 0.2) is 46.1 Å². The molecule has 9 heteroatoms. The first-order valence-corrected chi connectivity index (χ1v) is 11.2. The number of allylic oxidation sites excluding steroid dienone is 2. The molecular formula is C29H28O9. The second-order valence-corrected chi connectivity index (χ2v) is 7.69. The van der Waals surface area contributed by atoms with E-state index in [4.69, 9.17) is 19.3 Å². The summed E-state index contributed by atoms with van der Waals surface area (Å²) in [4.78, 5) is 34.1. The maximum Gasteiger partial charge on any atom is 0.163 e. The molecule has 0 atom stereocenters. The molecule has 0 spiro atoms. The molecule has 9 nitrogen and oxygen atoms in total. The van der Waals surface area contributed by atoms with Crippen molar-refractivity contribution in [3.63, 3.8) is 0 Å². The Hall–Kier alpha value is -5.05. The zero-order valence-electron chi connectivity index (χ0n) is 21.1. The lowest BCUT2D eigenvalue weighted by atomic mass is 10.1. The topological polar surface area (TPSA) is 140 Å². The second-order valence-electron chi connectivity index (χ2n) is 7.69. The lowest BCUT2D eigenvalue weighted by Crippen LogP contribution is -2.01. The SMILES string of the molecule is COc1cc(/C=C/C(=O)CC(=O)/C=C/c2ccc(O)c(OC)c2)ccc1O.COc1ccc(C=O)cc1O. The Morgan fingerprint density at radius 1 is 0.632 bits per heavy atom. The Kier molecular flexibility index (Phi) is 11.1. The maximum atomic E-state index is 11.9. The Labute approximate surface area is 219 Å². The van der Waals surface area contributed by atoms with Crippen molar-refractivity contribution in [2.24, 2.45) is 0 Å². The number of carbonyl (C=O) groups excluding carboxylic acids is 3. The Balaban J connectivity index is 0.000000384. The second kappa shape index (κ2) is 14.5. The number of hydrogen-bond donors (Lipinski definition) is 3. The van der Waals surface area contributed by atoms with E-state index in [2.05, 4.69) is 0 Å². The molecule has 0 fully saturated rings. The number of ketones is 2. The monoisotopic (exact) mass is 520 g/mol. The molecule has 0 amide bonds. The summed E-state index contributed by atoms with van der Waals surface area (Å²) >= 11 is 0. The van der Waals surface area contributed by atoms with Crippen LogP contribution in [0, 0.1) is 0 Å². The first kappa shape index (κ1) is 29.2. The number of ether oxygens (including phenoxy) is 3. The summed E-state index contributed by atoms with van der Waals surface area (Å²) in [5.41, 5.74) is 1.76. The number of aldehydes is 1. The predicted molar refractivity (Wildman–Crippen MR) is 142 cm³/mol. The largest absolute Gasteiger partial charge is 0.504 e. The van der Waals surface area contributed by atoms with Crippen molar-refractivity contribution >= 4 is 30.0 Å². The average Bonchev–Trinajstić information content (AvgIpc) is 2.92. The summed E-state index contributed by atoms with van der Waals surface area (Å²) in [5.74, 6) is 0.271. The van der Waals surface area contributed by atoms with Gasteiger partial charge in [-0.2, -0.15) is 0 Å². The van der Waals surface area contributed by atoms with Crippen molar-refractivity contribution in [2.75, 3.05) is 21.3 Å². The fourth-order valence-electron chi connectivity index (χ4n) is 3.04. The minimum Gasteiger partial charge on any atom is -0.504 e. The minimum absolute atomic E-state index is 0.00662. The zero-order chi connectivity index (χ0) is 28.1. The summed E-state index contributed by atoms with van der Waals surface area (Å²) in [6, 6.07) is 13.8. The van der Waals surface area contributed by atoms with Gasteiger partial charge < -0.3 is 29.5 Å². The molecule has 0 aliphatic rings. The molecule has 0 aliphatic heterocycles. The number of phenols is 3. The van der Waals surface area contributed by atoms with Gasteiger partial charge in [0.1, 0.15) is 6.29 Å². The fraction of sp³-hybridized carbons (Fsp3) is 0.138. The van der Waals surface area contributed by atoms with Crippen LogP contribution in [0.4, 0.5) is 0 Å². The predicted octanol–water partition coefficient (Wildman–Crippen LogP) is 4.58. The highest BCUT2D eigenvalue weighted by molar-refractivity contribution is 6.10. The van der Waals surface area contributed by atoms with Gasteiger partial charge in [-0.05, 0) is 65.7 Å². The van der Waals surface area contributed by atoms with Crippen molar-refractivity contribution in [1.82, 2.24) is 0 Å². The normalized spacial score (nSPS) is 10.5. The number of carbonyl (C=O) groups is 3. The van der Waals surface area contributed by atoms with Crippen LogP contribution in [0.25, 0.3) is 12.2 Å². The van der Waals surface area contributed by atoms with E-state index >= 15 is 0 Å². The zero-order valence-corrected chi connectivity index (χ0v) is 21.1. The molecule has 3 N–H and O–H groups in total. The number of benzene rings is 3. The third-order valence-electron chi connectivity index (χ3n) is 5.02. The minimum atomic E-state index is -0.347. The van der Waals surface area contributed by atoms with E-state index in [1.54, 1.807) is 48.6 Å². The van der Waals surface area contributed by atoms with Gasteiger partial charge >= 0.3 is 0 Å². The van der Waals surface area contributed by atoms with Crippen LogP contribution in [-0.2, 0) is 9.59 Å². The van der Waals surface area contributed by atoms with Crippen molar-refractivity contribution in [3.8, 4) is 34.5 Å². The number of hydrogen-bond acceptors (Lipinski definition) is 9. The summed E-state index contributed by atoms with van der Waals surface area (Å²) in [5, 5.41) is 28.2. The molecule has 0 saturated carbocycles. The summed E-state index contributed by atoms with van der Waals surface area (Å²) in [7, 11) is 4.32. The van der Waals surface area contributed by atoms with Gasteiger partial charge in [-0.1, -0.05) is 24.3 Å². The Bertz CT molecular complexity index is 1270. The van der Waals surface area contributed by atoms with E-state index in [0.29, 0.717) is 40.2 Å². The summed E-state index contributed by atoms with van der Waals surface area (Å²) in [6.45, 7) is 0. The number of phenolic OH excluding ortho intramolecular Hbond substituents is 3. The van der Waals surface area contributed by atoms with Gasteiger partial charge in [0.25, 0.3) is 0 Å². The van der Waals surface area contributed by atoms with E-state index in [9.17, 15) is 24.6 Å². The molecule has 3 rings (SSSR count). The smallest absolute Gasteiger partial charge is 0.163 e. The Morgan fingerprint density at radius 2 is 1.08 bits per heavy atom. The molecule has 38 heavy (non-hydrogen) atoms. The molecule has 0 unspecified atom stereocenters. The van der Waals surface area contributed by atoms with E-state index in [1.807, 2.05) is 0 Å². The van der Waals surface area contributed by atoms with Crippen LogP contribution in [0.3, 0.4) is 0 Å². The van der Waals surface area contributed by atoms with Crippen molar-refractivity contribution in [1.29, 1.82) is 0 Å². The highest BCUT2D eigenvalue weighted by Crippen LogP contribution is 2.28. The molecule has 0 bridgehead atoms. The molecular weight excluding hydrogens is 492 g/mol. The third kappa shape index (κ3) is 8.87. The summed E-state index contributed by atoms with van der Waals surface area (Å²) < 4.78 is 14.8. The van der Waals surface area contributed by atoms with Gasteiger partial charge in [-0.25, -0.2) is 0 Å². The lowest BCUT2D eigenvalue weighted by molar-refractivity contribution is -0.121. The van der Waals surface area contributed by atoms with Crippen LogP contribution in [0.5, 0.6) is 34.5 Å². The molecule has 0 heterocycles. The van der Waals surface area contributed by atoms with Gasteiger partial charge in [-0.15, -0.1) is 0 Å². The van der Waals surface area contributed by atoms with Crippen LogP contribution < -0.4 is 14.2 Å². The van der Waals surface area contributed by atoms with Crippen LogP contribution in [0.15, 0.2) is 66.7 Å². The molecule has 198 valence electrons. The molecule has 0 aliphatic carbocycles.